The van der Waals surface area contributed by atoms with Crippen LogP contribution >= 0.6 is 0 Å². The number of rotatable bonds is 5. The average molecular weight is 340 g/mol. The van der Waals surface area contributed by atoms with Crippen molar-refractivity contribution in [2.45, 2.75) is 13.8 Å². The number of carbonyl (C=O) groups is 1. The van der Waals surface area contributed by atoms with Gasteiger partial charge in [0.25, 0.3) is 5.91 Å². The van der Waals surface area contributed by atoms with Crippen LogP contribution in [0.2, 0.25) is 0 Å². The molecule has 2 aromatic heterocycles. The second-order valence-electron chi connectivity index (χ2n) is 6.53. The van der Waals surface area contributed by atoms with E-state index in [0.717, 1.165) is 37.8 Å². The Morgan fingerprint density at radius 2 is 1.76 bits per heavy atom. The highest BCUT2D eigenvalue weighted by atomic mass is 16.1. The van der Waals surface area contributed by atoms with E-state index < -0.39 is 0 Å². The molecule has 1 N–H and O–H groups in total. The molecule has 3 rings (SSSR count). The van der Waals surface area contributed by atoms with Gasteiger partial charge in [-0.05, 0) is 24.1 Å². The highest BCUT2D eigenvalue weighted by molar-refractivity contribution is 5.93. The minimum Gasteiger partial charge on any atom is -0.368 e. The van der Waals surface area contributed by atoms with E-state index in [2.05, 4.69) is 43.9 Å². The van der Waals surface area contributed by atoms with Gasteiger partial charge < -0.3 is 15.1 Å². The number of anilines is 2. The lowest BCUT2D eigenvalue weighted by atomic mass is 10.2. The number of nitrogens with one attached hydrogen (secondary N) is 1. The molecule has 1 saturated heterocycles. The fraction of sp³-hybridized carbons (Fsp3) is 0.444. The smallest absolute Gasteiger partial charge is 0.269 e. The summed E-state index contributed by atoms with van der Waals surface area (Å²) in [5, 5.41) is 2.91. The number of carbonyl (C=O) groups excluding carboxylic acids is 1. The summed E-state index contributed by atoms with van der Waals surface area (Å²) in [6, 6.07) is 5.64. The fourth-order valence-corrected chi connectivity index (χ4v) is 2.75. The van der Waals surface area contributed by atoms with E-state index in [9.17, 15) is 4.79 Å². The van der Waals surface area contributed by atoms with Crippen molar-refractivity contribution < 1.29 is 4.79 Å². The van der Waals surface area contributed by atoms with Crippen LogP contribution in [0.4, 0.5) is 11.6 Å². The van der Waals surface area contributed by atoms with Gasteiger partial charge in [0.2, 0.25) is 5.95 Å². The molecule has 7 heteroatoms. The Morgan fingerprint density at radius 1 is 1.08 bits per heavy atom. The van der Waals surface area contributed by atoms with Gasteiger partial charge in [-0.25, -0.2) is 9.97 Å². The molecule has 1 amide bonds. The van der Waals surface area contributed by atoms with Gasteiger partial charge in [-0.1, -0.05) is 13.8 Å². The van der Waals surface area contributed by atoms with Gasteiger partial charge in [0.05, 0.1) is 0 Å². The van der Waals surface area contributed by atoms with Gasteiger partial charge in [-0.2, -0.15) is 0 Å². The molecule has 0 spiro atoms. The molecule has 0 atom stereocenters. The Kier molecular flexibility index (Phi) is 5.42. The molecule has 0 unspecified atom stereocenters. The zero-order valence-electron chi connectivity index (χ0n) is 14.7. The van der Waals surface area contributed by atoms with Crippen LogP contribution in [0, 0.1) is 5.92 Å². The molecule has 25 heavy (non-hydrogen) atoms. The molecule has 3 heterocycles. The van der Waals surface area contributed by atoms with Crippen molar-refractivity contribution in [2.75, 3.05) is 42.5 Å². The molecule has 0 bridgehead atoms. The lowest BCUT2D eigenvalue weighted by molar-refractivity contribution is 0.0944. The first kappa shape index (κ1) is 17.1. The molecule has 0 aromatic carbocycles. The molecular formula is C18H24N6O. The quantitative estimate of drug-likeness (QED) is 0.891. The van der Waals surface area contributed by atoms with Crippen molar-refractivity contribution in [2.24, 2.45) is 5.92 Å². The summed E-state index contributed by atoms with van der Waals surface area (Å²) in [5.41, 5.74) is 1.49. The number of aromatic nitrogens is 3. The van der Waals surface area contributed by atoms with Crippen LogP contribution < -0.4 is 15.1 Å². The topological polar surface area (TPSA) is 74.2 Å². The van der Waals surface area contributed by atoms with E-state index in [4.69, 9.17) is 0 Å². The van der Waals surface area contributed by atoms with Crippen LogP contribution in [0.3, 0.4) is 0 Å². The Balaban J connectivity index is 1.62. The summed E-state index contributed by atoms with van der Waals surface area (Å²) in [7, 11) is 0. The Bertz CT molecular complexity index is 698. The van der Waals surface area contributed by atoms with Crippen molar-refractivity contribution in [1.82, 2.24) is 20.3 Å². The summed E-state index contributed by atoms with van der Waals surface area (Å²) in [6.07, 6.45) is 5.23. The minimum atomic E-state index is -0.119. The van der Waals surface area contributed by atoms with E-state index in [1.54, 1.807) is 18.6 Å². The molecule has 1 fully saturated rings. The lowest BCUT2D eigenvalue weighted by Gasteiger charge is -2.36. The first-order valence-electron chi connectivity index (χ1n) is 8.64. The molecule has 7 nitrogen and oxygen atoms in total. The largest absolute Gasteiger partial charge is 0.368 e. The number of hydrogen-bond donors (Lipinski definition) is 1. The summed E-state index contributed by atoms with van der Waals surface area (Å²) < 4.78 is 0. The van der Waals surface area contributed by atoms with Crippen LogP contribution in [0.25, 0.3) is 0 Å². The van der Waals surface area contributed by atoms with Gasteiger partial charge >= 0.3 is 0 Å². The summed E-state index contributed by atoms with van der Waals surface area (Å²) in [6.45, 7) is 8.20. The minimum absolute atomic E-state index is 0.119. The van der Waals surface area contributed by atoms with Gasteiger partial charge in [0, 0.05) is 57.0 Å². The summed E-state index contributed by atoms with van der Waals surface area (Å²) in [5.74, 6) is 1.07. The molecule has 1 aliphatic heterocycles. The number of pyridine rings is 1. The van der Waals surface area contributed by atoms with Crippen LogP contribution in [0.5, 0.6) is 0 Å². The number of hydrogen-bond acceptors (Lipinski definition) is 6. The van der Waals surface area contributed by atoms with E-state index >= 15 is 0 Å². The monoisotopic (exact) mass is 340 g/mol. The van der Waals surface area contributed by atoms with E-state index in [1.807, 2.05) is 18.2 Å². The molecular weight excluding hydrogens is 316 g/mol. The molecule has 2 aromatic rings. The lowest BCUT2D eigenvalue weighted by Crippen LogP contribution is -2.47. The second-order valence-corrected chi connectivity index (χ2v) is 6.53. The third kappa shape index (κ3) is 4.43. The first-order chi connectivity index (χ1) is 12.1. The molecule has 132 valence electrons. The van der Waals surface area contributed by atoms with Gasteiger partial charge in [-0.3, -0.25) is 9.78 Å². The molecule has 0 aliphatic carbocycles. The van der Waals surface area contributed by atoms with Crippen molar-refractivity contribution in [1.29, 1.82) is 0 Å². The maximum absolute atomic E-state index is 12.2. The van der Waals surface area contributed by atoms with Crippen LogP contribution in [-0.2, 0) is 0 Å². The predicted molar refractivity (Wildman–Crippen MR) is 97.9 cm³/mol. The molecule has 0 saturated carbocycles. The summed E-state index contributed by atoms with van der Waals surface area (Å²) in [4.78, 5) is 29.5. The maximum Gasteiger partial charge on any atom is 0.269 e. The van der Waals surface area contributed by atoms with Crippen LogP contribution in [-0.4, -0.2) is 53.6 Å². The standard InChI is InChI=1S/C18H24N6O/c1-14(2)13-22-17(25)16-12-15(4-7-19-16)23-8-10-24(11-9-23)18-20-5-3-6-21-18/h3-7,12,14H,8-11,13H2,1-2H3,(H,22,25). The summed E-state index contributed by atoms with van der Waals surface area (Å²) >= 11 is 0. The zero-order valence-corrected chi connectivity index (χ0v) is 14.7. The molecule has 0 radical (unpaired) electrons. The van der Waals surface area contributed by atoms with E-state index in [-0.39, 0.29) is 5.91 Å². The first-order valence-corrected chi connectivity index (χ1v) is 8.64. The van der Waals surface area contributed by atoms with E-state index in [1.165, 1.54) is 0 Å². The third-order valence-electron chi connectivity index (χ3n) is 4.13. The van der Waals surface area contributed by atoms with Crippen molar-refractivity contribution in [3.05, 3.63) is 42.5 Å². The third-order valence-corrected chi connectivity index (χ3v) is 4.13. The number of amides is 1. The Labute approximate surface area is 148 Å². The van der Waals surface area contributed by atoms with Crippen molar-refractivity contribution in [3.63, 3.8) is 0 Å². The van der Waals surface area contributed by atoms with E-state index in [0.29, 0.717) is 18.2 Å². The average Bonchev–Trinajstić information content (AvgIpc) is 2.67. The van der Waals surface area contributed by atoms with Gasteiger partial charge in [-0.15, -0.1) is 0 Å². The Morgan fingerprint density at radius 3 is 2.44 bits per heavy atom. The van der Waals surface area contributed by atoms with Crippen LogP contribution in [0.1, 0.15) is 24.3 Å². The fourth-order valence-electron chi connectivity index (χ4n) is 2.75. The van der Waals surface area contributed by atoms with Crippen molar-refractivity contribution >= 4 is 17.5 Å². The zero-order chi connectivity index (χ0) is 17.6. The highest BCUT2D eigenvalue weighted by Crippen LogP contribution is 2.18. The number of piperazine rings is 1. The predicted octanol–water partition coefficient (Wildman–Crippen LogP) is 1.58. The SMILES string of the molecule is CC(C)CNC(=O)c1cc(N2CCN(c3ncccn3)CC2)ccn1. The van der Waals surface area contributed by atoms with Gasteiger partial charge in [0.15, 0.2) is 0 Å². The highest BCUT2D eigenvalue weighted by Gasteiger charge is 2.20. The Hall–Kier alpha value is -2.70. The maximum atomic E-state index is 12.2. The second kappa shape index (κ2) is 7.92. The van der Waals surface area contributed by atoms with Crippen molar-refractivity contribution in [3.8, 4) is 0 Å². The normalized spacial score (nSPS) is 14.7. The number of nitrogens with zero attached hydrogens (tertiary/aromatic N) is 5. The van der Waals surface area contributed by atoms with Gasteiger partial charge in [0.1, 0.15) is 5.69 Å². The van der Waals surface area contributed by atoms with Crippen LogP contribution in [0.15, 0.2) is 36.8 Å². The molecule has 1 aliphatic rings.